The first-order valence-electron chi connectivity index (χ1n) is 8.97. The molecular formula is C22H32N2O2P2Tc-2. The average Bonchev–Trinajstić information content (AvgIpc) is 2.60. The van der Waals surface area contributed by atoms with Gasteiger partial charge in [0.05, 0.1) is 13.1 Å². The summed E-state index contributed by atoms with van der Waals surface area (Å²) in [5, 5.41) is 22.8. The van der Waals surface area contributed by atoms with E-state index < -0.39 is 0 Å². The molecule has 0 spiro atoms. The van der Waals surface area contributed by atoms with Gasteiger partial charge in [-0.05, 0) is 51.1 Å². The van der Waals surface area contributed by atoms with Crippen molar-refractivity contribution >= 4 is 28.3 Å². The van der Waals surface area contributed by atoms with Crippen molar-refractivity contribution in [1.82, 2.24) is 0 Å². The van der Waals surface area contributed by atoms with Crippen LogP contribution in [0.15, 0.2) is 58.5 Å². The molecule has 0 aliphatic heterocycles. The molecule has 0 aliphatic carbocycles. The molecule has 7 heteroatoms. The first-order chi connectivity index (χ1) is 13.2. The number of para-hydroxylation sites is 2. The SMILES string of the molecule is CP(C)C.CP(C)C.[99Tc].[O-]c1ccccc1C=NCCN=Cc1ccccc1[O-]. The molecular weight excluding hydrogens is 485 g/mol. The monoisotopic (exact) mass is 517 g/mol. The summed E-state index contributed by atoms with van der Waals surface area (Å²) < 4.78 is 0. The first kappa shape index (κ1) is 30.1. The topological polar surface area (TPSA) is 70.8 Å². The Balaban J connectivity index is 0. The van der Waals surface area contributed by atoms with E-state index in [1.807, 2.05) is 0 Å². The van der Waals surface area contributed by atoms with Gasteiger partial charge in [0.15, 0.2) is 0 Å². The van der Waals surface area contributed by atoms with Gasteiger partial charge in [-0.1, -0.05) is 48.5 Å². The van der Waals surface area contributed by atoms with E-state index in [0.717, 1.165) is 0 Å². The van der Waals surface area contributed by atoms with Crippen LogP contribution in [0.25, 0.3) is 0 Å². The number of nitrogens with zero attached hydrogens (tertiary/aromatic N) is 2. The van der Waals surface area contributed by atoms with Gasteiger partial charge in [-0.3, -0.25) is 9.98 Å². The smallest absolute Gasteiger partial charge is 0.0585 e. The predicted octanol–water partition coefficient (Wildman–Crippen LogP) is 4.08. The van der Waals surface area contributed by atoms with Crippen LogP contribution < -0.4 is 10.2 Å². The molecule has 0 bridgehead atoms. The maximum atomic E-state index is 11.4. The van der Waals surface area contributed by atoms with Crippen LogP contribution in [-0.2, 0) is 20.1 Å². The maximum Gasteiger partial charge on any atom is 0.0585 e. The maximum absolute atomic E-state index is 11.4. The van der Waals surface area contributed by atoms with Gasteiger partial charge in [-0.15, -0.1) is 27.3 Å². The second-order valence-electron chi connectivity index (χ2n) is 6.83. The summed E-state index contributed by atoms with van der Waals surface area (Å²) in [6, 6.07) is 13.5. The molecule has 29 heavy (non-hydrogen) atoms. The molecule has 0 unspecified atom stereocenters. The summed E-state index contributed by atoms with van der Waals surface area (Å²) in [5.74, 6) is -0.0833. The van der Waals surface area contributed by atoms with Crippen molar-refractivity contribution in [2.24, 2.45) is 9.98 Å². The second-order valence-corrected chi connectivity index (χ2v) is 12.2. The van der Waals surface area contributed by atoms with E-state index in [4.69, 9.17) is 0 Å². The van der Waals surface area contributed by atoms with Crippen LogP contribution in [0, 0.1) is 0 Å². The van der Waals surface area contributed by atoms with Gasteiger partial charge in [0.2, 0.25) is 0 Å². The molecule has 0 atom stereocenters. The van der Waals surface area contributed by atoms with Crippen molar-refractivity contribution in [2.45, 2.75) is 0 Å². The van der Waals surface area contributed by atoms with Crippen molar-refractivity contribution in [3.8, 4) is 11.5 Å². The number of hydrogen-bond donors (Lipinski definition) is 0. The minimum Gasteiger partial charge on any atom is -0.872 e. The molecule has 0 aromatic heterocycles. The van der Waals surface area contributed by atoms with Gasteiger partial charge in [-0.25, -0.2) is 0 Å². The number of hydrogen-bond acceptors (Lipinski definition) is 4. The van der Waals surface area contributed by atoms with E-state index in [9.17, 15) is 10.2 Å². The molecule has 0 heterocycles. The largest absolute Gasteiger partial charge is 0.872 e. The van der Waals surface area contributed by atoms with Crippen molar-refractivity contribution < 1.29 is 30.3 Å². The van der Waals surface area contributed by atoms with Gasteiger partial charge < -0.3 is 10.2 Å². The zero-order valence-corrected chi connectivity index (χ0v) is 21.8. The molecule has 0 aliphatic rings. The summed E-state index contributed by atoms with van der Waals surface area (Å²) in [7, 11) is 0.759. The molecule has 0 saturated heterocycles. The first-order valence-corrected chi connectivity index (χ1v) is 14.3. The second kappa shape index (κ2) is 18.9. The molecule has 4 nitrogen and oxygen atoms in total. The van der Waals surface area contributed by atoms with Gasteiger partial charge in [0.25, 0.3) is 0 Å². The number of aliphatic imine (C=N–C) groups is 2. The minimum atomic E-state index is -0.0416. The fourth-order valence-electron chi connectivity index (χ4n) is 1.62. The Morgan fingerprint density at radius 2 is 0.931 bits per heavy atom. The predicted molar refractivity (Wildman–Crippen MR) is 126 cm³/mol. The van der Waals surface area contributed by atoms with Crippen molar-refractivity contribution in [3.63, 3.8) is 0 Å². The van der Waals surface area contributed by atoms with Crippen molar-refractivity contribution in [2.75, 3.05) is 53.1 Å². The van der Waals surface area contributed by atoms with Crippen LogP contribution >= 0.6 is 15.8 Å². The zero-order chi connectivity index (χ0) is 21.4. The number of benzene rings is 2. The van der Waals surface area contributed by atoms with Crippen molar-refractivity contribution in [3.05, 3.63) is 59.7 Å². The average molecular weight is 517 g/mol. The molecule has 2 aromatic carbocycles. The van der Waals surface area contributed by atoms with Crippen LogP contribution in [0.3, 0.4) is 0 Å². The van der Waals surface area contributed by atoms with Gasteiger partial charge in [-0.2, -0.15) is 0 Å². The Labute approximate surface area is 192 Å². The summed E-state index contributed by atoms with van der Waals surface area (Å²) in [6.45, 7) is 14.3. The summed E-state index contributed by atoms with van der Waals surface area (Å²) in [6.07, 6.45) is 3.11. The Bertz CT molecular complexity index is 656. The van der Waals surface area contributed by atoms with Gasteiger partial charge in [0.1, 0.15) is 0 Å². The third kappa shape index (κ3) is 18.6. The van der Waals surface area contributed by atoms with E-state index in [-0.39, 0.29) is 31.6 Å². The van der Waals surface area contributed by atoms with Crippen LogP contribution in [-0.4, -0.2) is 65.5 Å². The quantitative estimate of drug-likeness (QED) is 0.341. The minimum absolute atomic E-state index is 0. The fourth-order valence-corrected chi connectivity index (χ4v) is 1.62. The standard InChI is InChI=1S/C16H16N2O2.2C3H9P.Tc/c19-15-7-3-1-5-13(15)11-17-9-10-18-12-14-6-2-4-8-16(14)20;2*1-4(2)3;/h1-8,11-12,19-20H,9-10H2;2*1-3H3;/p-2/i;;;1+1. The van der Waals surface area contributed by atoms with E-state index in [1.54, 1.807) is 48.8 Å². The molecule has 2 rings (SSSR count). The van der Waals surface area contributed by atoms with E-state index in [0.29, 0.717) is 40.1 Å². The summed E-state index contributed by atoms with van der Waals surface area (Å²) in [4.78, 5) is 8.28. The van der Waals surface area contributed by atoms with Gasteiger partial charge in [0, 0.05) is 32.5 Å². The molecule has 161 valence electrons. The Morgan fingerprint density at radius 3 is 1.21 bits per heavy atom. The van der Waals surface area contributed by atoms with Gasteiger partial charge >= 0.3 is 0 Å². The Hall–Kier alpha value is -1.11. The van der Waals surface area contributed by atoms with E-state index in [2.05, 4.69) is 50.0 Å². The Kier molecular flexibility index (Phi) is 19.6. The fraction of sp³-hybridized carbons (Fsp3) is 0.364. The molecule has 0 fully saturated rings. The van der Waals surface area contributed by atoms with E-state index in [1.165, 1.54) is 12.1 Å². The third-order valence-corrected chi connectivity index (χ3v) is 2.66. The van der Waals surface area contributed by atoms with Crippen molar-refractivity contribution in [1.29, 1.82) is 0 Å². The summed E-state index contributed by atoms with van der Waals surface area (Å²) in [5.41, 5.74) is 1.14. The molecule has 2 aromatic rings. The number of rotatable bonds is 5. The van der Waals surface area contributed by atoms with Crippen LogP contribution in [0.2, 0.25) is 0 Å². The molecule has 0 amide bonds. The van der Waals surface area contributed by atoms with Crippen LogP contribution in [0.1, 0.15) is 11.1 Å². The van der Waals surface area contributed by atoms with Crippen LogP contribution in [0.5, 0.6) is 11.5 Å². The molecule has 0 saturated carbocycles. The molecule has 1 radical (unpaired) electrons. The Morgan fingerprint density at radius 1 is 0.655 bits per heavy atom. The summed E-state index contributed by atoms with van der Waals surface area (Å²) >= 11 is 0. The van der Waals surface area contributed by atoms with E-state index >= 15 is 0 Å². The van der Waals surface area contributed by atoms with Crippen LogP contribution in [0.4, 0.5) is 0 Å². The third-order valence-electron chi connectivity index (χ3n) is 2.66. The normalized spacial score (nSPS) is 10.3. The molecule has 0 N–H and O–H groups in total. The zero-order valence-electron chi connectivity index (χ0n) is 18.2.